The van der Waals surface area contributed by atoms with Crippen LogP contribution in [0, 0.1) is 6.92 Å². The molecule has 0 heterocycles. The number of nitrogens with one attached hydrogen (secondary N) is 1. The molecule has 1 rings (SSSR count). The number of hydrogen-bond donors (Lipinski definition) is 3. The number of halogens is 1. The van der Waals surface area contributed by atoms with Crippen molar-refractivity contribution >= 4 is 33.5 Å². The molecule has 1 atom stereocenters. The Morgan fingerprint density at radius 1 is 1.50 bits per heavy atom. The third-order valence-corrected chi connectivity index (χ3v) is 3.51. The Bertz CT molecular complexity index is 463. The zero-order valence-electron chi connectivity index (χ0n) is 9.94. The van der Waals surface area contributed by atoms with E-state index in [9.17, 15) is 9.59 Å². The average Bonchev–Trinajstić information content (AvgIpc) is 2.31. The van der Waals surface area contributed by atoms with Crippen molar-refractivity contribution in [2.75, 3.05) is 5.32 Å². The third-order valence-electron chi connectivity index (χ3n) is 2.46. The fraction of sp³-hybridized carbons (Fsp3) is 0.333. The van der Waals surface area contributed by atoms with Crippen LogP contribution >= 0.6 is 15.9 Å². The van der Waals surface area contributed by atoms with E-state index in [2.05, 4.69) is 21.2 Å². The Balaban J connectivity index is 2.64. The highest BCUT2D eigenvalue weighted by atomic mass is 79.9. The van der Waals surface area contributed by atoms with Gasteiger partial charge in [0.2, 0.25) is 5.91 Å². The number of carboxylic acids is 1. The number of carbonyl (C=O) groups excluding carboxylic acids is 1. The van der Waals surface area contributed by atoms with Crippen LogP contribution < -0.4 is 11.1 Å². The highest BCUT2D eigenvalue weighted by Gasteiger charge is 2.16. The lowest BCUT2D eigenvalue weighted by atomic mass is 10.1. The van der Waals surface area contributed by atoms with Crippen LogP contribution in [-0.4, -0.2) is 23.0 Å². The van der Waals surface area contributed by atoms with E-state index < -0.39 is 12.0 Å². The van der Waals surface area contributed by atoms with Crippen LogP contribution in [0.15, 0.2) is 22.7 Å². The first-order valence-electron chi connectivity index (χ1n) is 5.45. The minimum atomic E-state index is -0.963. The van der Waals surface area contributed by atoms with Gasteiger partial charge in [0, 0.05) is 10.9 Å². The van der Waals surface area contributed by atoms with Crippen molar-refractivity contribution in [1.29, 1.82) is 0 Å². The molecule has 0 fully saturated rings. The van der Waals surface area contributed by atoms with Crippen molar-refractivity contribution in [3.63, 3.8) is 0 Å². The third kappa shape index (κ3) is 4.12. The number of nitrogens with two attached hydrogens (primary N) is 1. The lowest BCUT2D eigenvalue weighted by molar-refractivity contribution is -0.137. The number of carbonyl (C=O) groups is 2. The number of anilines is 1. The van der Waals surface area contributed by atoms with E-state index in [-0.39, 0.29) is 18.7 Å². The van der Waals surface area contributed by atoms with Crippen LogP contribution in [0.5, 0.6) is 0 Å². The summed E-state index contributed by atoms with van der Waals surface area (Å²) in [6.45, 7) is 1.91. The Morgan fingerprint density at radius 3 is 2.78 bits per heavy atom. The average molecular weight is 315 g/mol. The molecule has 0 saturated carbocycles. The number of carboxylic acid groups (broad SMARTS) is 1. The second-order valence-corrected chi connectivity index (χ2v) is 4.76. The second kappa shape index (κ2) is 6.51. The summed E-state index contributed by atoms with van der Waals surface area (Å²) in [5.41, 5.74) is 7.23. The molecule has 0 spiro atoms. The van der Waals surface area contributed by atoms with Crippen molar-refractivity contribution in [3.05, 3.63) is 28.2 Å². The number of rotatable bonds is 5. The maximum absolute atomic E-state index is 11.7. The van der Waals surface area contributed by atoms with Gasteiger partial charge >= 0.3 is 5.97 Å². The van der Waals surface area contributed by atoms with Gasteiger partial charge in [-0.15, -0.1) is 0 Å². The SMILES string of the molecule is Cc1cccc(NC(=O)C(N)CCC(=O)O)c1Br. The maximum atomic E-state index is 11.7. The van der Waals surface area contributed by atoms with E-state index in [1.165, 1.54) is 0 Å². The van der Waals surface area contributed by atoms with Crippen molar-refractivity contribution in [2.24, 2.45) is 5.73 Å². The number of aliphatic carboxylic acids is 1. The van der Waals surface area contributed by atoms with E-state index in [4.69, 9.17) is 10.8 Å². The van der Waals surface area contributed by atoms with Gasteiger partial charge in [-0.05, 0) is 40.9 Å². The normalized spacial score (nSPS) is 11.9. The molecule has 4 N–H and O–H groups in total. The number of hydrogen-bond acceptors (Lipinski definition) is 3. The number of aryl methyl sites for hydroxylation is 1. The van der Waals surface area contributed by atoms with E-state index in [1.807, 2.05) is 19.1 Å². The molecule has 18 heavy (non-hydrogen) atoms. The molecular formula is C12H15BrN2O3. The van der Waals surface area contributed by atoms with Gasteiger partial charge in [-0.3, -0.25) is 9.59 Å². The summed E-state index contributed by atoms with van der Waals surface area (Å²) in [5.74, 6) is -1.35. The van der Waals surface area contributed by atoms with Crippen molar-refractivity contribution in [1.82, 2.24) is 0 Å². The first-order chi connectivity index (χ1) is 8.41. The number of amides is 1. The standard InChI is InChI=1S/C12H15BrN2O3/c1-7-3-2-4-9(11(7)13)15-12(18)8(14)5-6-10(16)17/h2-4,8H,5-6,14H2,1H3,(H,15,18)(H,16,17). The van der Waals surface area contributed by atoms with E-state index in [0.29, 0.717) is 5.69 Å². The Morgan fingerprint density at radius 2 is 2.17 bits per heavy atom. The van der Waals surface area contributed by atoms with Crippen LogP contribution in [0.2, 0.25) is 0 Å². The molecule has 0 aliphatic heterocycles. The monoisotopic (exact) mass is 314 g/mol. The lowest BCUT2D eigenvalue weighted by Crippen LogP contribution is -2.36. The van der Waals surface area contributed by atoms with Gasteiger partial charge < -0.3 is 16.2 Å². The summed E-state index contributed by atoms with van der Waals surface area (Å²) in [6.07, 6.45) is -0.00578. The van der Waals surface area contributed by atoms with Gasteiger partial charge in [0.05, 0.1) is 11.7 Å². The lowest BCUT2D eigenvalue weighted by Gasteiger charge is -2.13. The highest BCUT2D eigenvalue weighted by molar-refractivity contribution is 9.10. The van der Waals surface area contributed by atoms with Gasteiger partial charge in [0.15, 0.2) is 0 Å². The van der Waals surface area contributed by atoms with Crippen LogP contribution in [0.3, 0.4) is 0 Å². The highest BCUT2D eigenvalue weighted by Crippen LogP contribution is 2.25. The molecule has 1 aromatic rings. The van der Waals surface area contributed by atoms with Crippen molar-refractivity contribution in [3.8, 4) is 0 Å². The van der Waals surface area contributed by atoms with Crippen LogP contribution in [-0.2, 0) is 9.59 Å². The first-order valence-corrected chi connectivity index (χ1v) is 6.24. The molecule has 0 aromatic heterocycles. The summed E-state index contributed by atoms with van der Waals surface area (Å²) in [7, 11) is 0. The molecule has 0 aliphatic carbocycles. The molecule has 98 valence electrons. The summed E-state index contributed by atoms with van der Waals surface area (Å²) in [4.78, 5) is 22.1. The van der Waals surface area contributed by atoms with Gasteiger partial charge in [0.25, 0.3) is 0 Å². The molecular weight excluding hydrogens is 300 g/mol. The molecule has 0 aliphatic rings. The van der Waals surface area contributed by atoms with E-state index >= 15 is 0 Å². The first kappa shape index (κ1) is 14.7. The van der Waals surface area contributed by atoms with Crippen LogP contribution in [0.25, 0.3) is 0 Å². The predicted octanol–water partition coefficient (Wildman–Crippen LogP) is 1.89. The minimum absolute atomic E-state index is 0.116. The molecule has 1 unspecified atom stereocenters. The summed E-state index contributed by atoms with van der Waals surface area (Å²) >= 11 is 3.37. The predicted molar refractivity (Wildman–Crippen MR) is 72.4 cm³/mol. The van der Waals surface area contributed by atoms with E-state index in [0.717, 1.165) is 10.0 Å². The fourth-order valence-corrected chi connectivity index (χ4v) is 1.74. The maximum Gasteiger partial charge on any atom is 0.303 e. The van der Waals surface area contributed by atoms with Gasteiger partial charge in [-0.2, -0.15) is 0 Å². The van der Waals surface area contributed by atoms with Crippen LogP contribution in [0.1, 0.15) is 18.4 Å². The van der Waals surface area contributed by atoms with Gasteiger partial charge in [0.1, 0.15) is 0 Å². The molecule has 0 saturated heterocycles. The summed E-state index contributed by atoms with van der Waals surface area (Å²) < 4.78 is 0.795. The van der Waals surface area contributed by atoms with Gasteiger partial charge in [-0.1, -0.05) is 12.1 Å². The summed E-state index contributed by atoms with van der Waals surface area (Å²) in [5, 5.41) is 11.2. The molecule has 5 nitrogen and oxygen atoms in total. The zero-order chi connectivity index (χ0) is 13.7. The van der Waals surface area contributed by atoms with Crippen molar-refractivity contribution in [2.45, 2.75) is 25.8 Å². The molecule has 1 aromatic carbocycles. The second-order valence-electron chi connectivity index (χ2n) is 3.96. The van der Waals surface area contributed by atoms with Crippen molar-refractivity contribution < 1.29 is 14.7 Å². The Kier molecular flexibility index (Phi) is 5.30. The quantitative estimate of drug-likeness (QED) is 0.773. The minimum Gasteiger partial charge on any atom is -0.481 e. The zero-order valence-corrected chi connectivity index (χ0v) is 11.5. The molecule has 0 bridgehead atoms. The Hall–Kier alpha value is -1.40. The molecule has 6 heteroatoms. The smallest absolute Gasteiger partial charge is 0.303 e. The topological polar surface area (TPSA) is 92.4 Å². The number of benzene rings is 1. The fourth-order valence-electron chi connectivity index (χ4n) is 1.38. The Labute approximate surface area is 113 Å². The van der Waals surface area contributed by atoms with Crippen LogP contribution in [0.4, 0.5) is 5.69 Å². The molecule has 0 radical (unpaired) electrons. The largest absolute Gasteiger partial charge is 0.481 e. The van der Waals surface area contributed by atoms with E-state index in [1.54, 1.807) is 6.07 Å². The molecule has 1 amide bonds. The van der Waals surface area contributed by atoms with Gasteiger partial charge in [-0.25, -0.2) is 0 Å². The summed E-state index contributed by atoms with van der Waals surface area (Å²) in [6, 6.07) is 4.65.